The van der Waals surface area contributed by atoms with Gasteiger partial charge >= 0.3 is 5.97 Å². The van der Waals surface area contributed by atoms with Crippen LogP contribution in [-0.2, 0) is 27.4 Å². The van der Waals surface area contributed by atoms with Crippen molar-refractivity contribution in [3.05, 3.63) is 16.1 Å². The van der Waals surface area contributed by atoms with Gasteiger partial charge in [0, 0.05) is 12.3 Å². The minimum atomic E-state index is -0.422. The Morgan fingerprint density at radius 3 is 2.93 bits per heavy atom. The van der Waals surface area contributed by atoms with Crippen molar-refractivity contribution in [1.29, 1.82) is 0 Å². The first-order chi connectivity index (χ1) is 6.58. The molecule has 0 unspecified atom stereocenters. The van der Waals surface area contributed by atoms with E-state index in [-0.39, 0.29) is 19.0 Å². The van der Waals surface area contributed by atoms with E-state index >= 15 is 0 Å². The molecular weight excluding hydrogens is 204 g/mol. The minimum Gasteiger partial charge on any atom is -0.458 e. The Kier molecular flexibility index (Phi) is 3.58. The molecule has 1 rings (SSSR count). The molecule has 0 saturated heterocycles. The molecule has 76 valence electrons. The maximum absolute atomic E-state index is 10.5. The second kappa shape index (κ2) is 4.71. The van der Waals surface area contributed by atoms with Crippen LogP contribution in [0.1, 0.15) is 17.6 Å². The molecule has 0 fully saturated rings. The van der Waals surface area contributed by atoms with Gasteiger partial charge in [-0.2, -0.15) is 0 Å². The molecule has 6 heteroatoms. The highest BCUT2D eigenvalue weighted by atomic mass is 32.1. The molecule has 1 aromatic heterocycles. The fraction of sp³-hybridized carbons (Fsp3) is 0.375. The summed E-state index contributed by atoms with van der Waals surface area (Å²) in [5.41, 5.74) is 5.61. The SMILES string of the molecule is CC(=O)OCc1nc(CC(N)=O)cs1. The fourth-order valence-corrected chi connectivity index (χ4v) is 1.54. The number of carbonyl (C=O) groups is 2. The highest BCUT2D eigenvalue weighted by Crippen LogP contribution is 2.11. The second-order valence-electron chi connectivity index (χ2n) is 2.66. The maximum Gasteiger partial charge on any atom is 0.303 e. The largest absolute Gasteiger partial charge is 0.458 e. The van der Waals surface area contributed by atoms with Gasteiger partial charge in [-0.05, 0) is 0 Å². The van der Waals surface area contributed by atoms with E-state index in [1.165, 1.54) is 18.3 Å². The lowest BCUT2D eigenvalue weighted by Crippen LogP contribution is -2.13. The van der Waals surface area contributed by atoms with Crippen LogP contribution in [0.5, 0.6) is 0 Å². The molecule has 1 heterocycles. The van der Waals surface area contributed by atoms with Crippen molar-refractivity contribution in [2.45, 2.75) is 20.0 Å². The van der Waals surface area contributed by atoms with Gasteiger partial charge in [0.1, 0.15) is 11.6 Å². The Labute approximate surface area is 84.9 Å². The number of amides is 1. The monoisotopic (exact) mass is 214 g/mol. The van der Waals surface area contributed by atoms with Crippen LogP contribution in [0.3, 0.4) is 0 Å². The van der Waals surface area contributed by atoms with Gasteiger partial charge < -0.3 is 10.5 Å². The smallest absolute Gasteiger partial charge is 0.303 e. The van der Waals surface area contributed by atoms with Gasteiger partial charge in [0.15, 0.2) is 0 Å². The number of thiazole rings is 1. The third-order valence-corrected chi connectivity index (χ3v) is 2.22. The standard InChI is InChI=1S/C8H10N2O3S/c1-5(11)13-3-8-10-6(4-14-8)2-7(9)12/h4H,2-3H2,1H3,(H2,9,12). The molecule has 1 amide bonds. The molecule has 0 spiro atoms. The van der Waals surface area contributed by atoms with Gasteiger partial charge in [-0.1, -0.05) is 0 Å². The number of hydrogen-bond acceptors (Lipinski definition) is 5. The van der Waals surface area contributed by atoms with Crippen LogP contribution in [0.2, 0.25) is 0 Å². The Morgan fingerprint density at radius 2 is 2.36 bits per heavy atom. The summed E-state index contributed by atoms with van der Waals surface area (Å²) in [6.07, 6.45) is 0.122. The molecular formula is C8H10N2O3S. The van der Waals surface area contributed by atoms with Crippen molar-refractivity contribution >= 4 is 23.2 Å². The molecule has 0 aliphatic rings. The van der Waals surface area contributed by atoms with E-state index in [2.05, 4.69) is 4.98 Å². The van der Waals surface area contributed by atoms with Crippen LogP contribution in [0.25, 0.3) is 0 Å². The maximum atomic E-state index is 10.5. The minimum absolute atomic E-state index is 0.122. The van der Waals surface area contributed by atoms with Gasteiger partial charge in [-0.15, -0.1) is 11.3 Å². The van der Waals surface area contributed by atoms with Crippen LogP contribution in [-0.4, -0.2) is 16.9 Å². The first-order valence-corrected chi connectivity index (χ1v) is 4.81. The average Bonchev–Trinajstić information content (AvgIpc) is 2.47. The predicted molar refractivity (Wildman–Crippen MR) is 50.5 cm³/mol. The van der Waals surface area contributed by atoms with Crippen molar-refractivity contribution < 1.29 is 14.3 Å². The van der Waals surface area contributed by atoms with Gasteiger partial charge in [-0.3, -0.25) is 9.59 Å². The molecule has 0 bridgehead atoms. The Morgan fingerprint density at radius 1 is 1.64 bits per heavy atom. The summed E-state index contributed by atoms with van der Waals surface area (Å²) in [4.78, 5) is 25.1. The van der Waals surface area contributed by atoms with E-state index in [0.29, 0.717) is 10.7 Å². The van der Waals surface area contributed by atoms with E-state index in [0.717, 1.165) is 0 Å². The summed E-state index contributed by atoms with van der Waals surface area (Å²) >= 11 is 1.34. The molecule has 5 nitrogen and oxygen atoms in total. The summed E-state index contributed by atoms with van der Waals surface area (Å²) < 4.78 is 4.74. The molecule has 2 N–H and O–H groups in total. The number of nitrogens with zero attached hydrogens (tertiary/aromatic N) is 1. The number of carbonyl (C=O) groups excluding carboxylic acids is 2. The van der Waals surface area contributed by atoms with Gasteiger partial charge in [-0.25, -0.2) is 4.98 Å². The third-order valence-electron chi connectivity index (χ3n) is 1.35. The summed E-state index contributed by atoms with van der Waals surface area (Å²) in [6.45, 7) is 1.48. The molecule has 0 aliphatic carbocycles. The summed E-state index contributed by atoms with van der Waals surface area (Å²) in [7, 11) is 0. The van der Waals surface area contributed by atoms with Gasteiger partial charge in [0.2, 0.25) is 5.91 Å². The van der Waals surface area contributed by atoms with E-state index in [4.69, 9.17) is 10.5 Å². The number of nitrogens with two attached hydrogens (primary N) is 1. The Hall–Kier alpha value is -1.43. The summed E-state index contributed by atoms with van der Waals surface area (Å²) in [5, 5.41) is 2.39. The van der Waals surface area contributed by atoms with Crippen molar-refractivity contribution in [1.82, 2.24) is 4.98 Å². The highest BCUT2D eigenvalue weighted by Gasteiger charge is 2.05. The first-order valence-electron chi connectivity index (χ1n) is 3.93. The van der Waals surface area contributed by atoms with Crippen molar-refractivity contribution in [2.24, 2.45) is 5.73 Å². The summed E-state index contributed by atoms with van der Waals surface area (Å²) in [5.74, 6) is -0.772. The quantitative estimate of drug-likeness (QED) is 0.727. The fourth-order valence-electron chi connectivity index (χ4n) is 0.838. The Balaban J connectivity index is 2.50. The molecule has 0 aromatic carbocycles. The van der Waals surface area contributed by atoms with Crippen LogP contribution in [0.4, 0.5) is 0 Å². The van der Waals surface area contributed by atoms with Crippen molar-refractivity contribution in [3.63, 3.8) is 0 Å². The number of ether oxygens (including phenoxy) is 1. The van der Waals surface area contributed by atoms with Gasteiger partial charge in [0.05, 0.1) is 12.1 Å². The molecule has 14 heavy (non-hydrogen) atoms. The van der Waals surface area contributed by atoms with Crippen LogP contribution in [0, 0.1) is 0 Å². The number of hydrogen-bond donors (Lipinski definition) is 1. The van der Waals surface area contributed by atoms with E-state index < -0.39 is 5.91 Å². The molecule has 0 saturated carbocycles. The zero-order chi connectivity index (χ0) is 10.6. The number of esters is 1. The second-order valence-corrected chi connectivity index (χ2v) is 3.60. The number of aromatic nitrogens is 1. The van der Waals surface area contributed by atoms with Crippen molar-refractivity contribution in [2.75, 3.05) is 0 Å². The van der Waals surface area contributed by atoms with Gasteiger partial charge in [0.25, 0.3) is 0 Å². The summed E-state index contributed by atoms with van der Waals surface area (Å²) in [6, 6.07) is 0. The van der Waals surface area contributed by atoms with E-state index in [9.17, 15) is 9.59 Å². The van der Waals surface area contributed by atoms with Crippen molar-refractivity contribution in [3.8, 4) is 0 Å². The van der Waals surface area contributed by atoms with E-state index in [1.54, 1.807) is 5.38 Å². The zero-order valence-electron chi connectivity index (χ0n) is 7.65. The normalized spacial score (nSPS) is 9.79. The number of primary amides is 1. The van der Waals surface area contributed by atoms with Crippen LogP contribution in [0.15, 0.2) is 5.38 Å². The average molecular weight is 214 g/mol. The lowest BCUT2D eigenvalue weighted by Gasteiger charge is -1.96. The van der Waals surface area contributed by atoms with E-state index in [1.807, 2.05) is 0 Å². The Bertz CT molecular complexity index is 348. The lowest BCUT2D eigenvalue weighted by molar-refractivity contribution is -0.142. The lowest BCUT2D eigenvalue weighted by atomic mass is 10.3. The highest BCUT2D eigenvalue weighted by molar-refractivity contribution is 7.09. The van der Waals surface area contributed by atoms with Crippen LogP contribution >= 0.6 is 11.3 Å². The first kappa shape index (κ1) is 10.6. The molecule has 1 aromatic rings. The topological polar surface area (TPSA) is 82.3 Å². The molecule has 0 atom stereocenters. The predicted octanol–water partition coefficient (Wildman–Crippen LogP) is 0.234. The third kappa shape index (κ3) is 3.53. The molecule has 0 radical (unpaired) electrons. The molecule has 0 aliphatic heterocycles. The van der Waals surface area contributed by atoms with Crippen LogP contribution < -0.4 is 5.73 Å². The number of rotatable bonds is 4. The zero-order valence-corrected chi connectivity index (χ0v) is 8.47.